The average Bonchev–Trinajstić information content (AvgIpc) is 2.51. The van der Waals surface area contributed by atoms with E-state index < -0.39 is 5.97 Å². The van der Waals surface area contributed by atoms with E-state index in [2.05, 4.69) is 4.74 Å². The largest absolute Gasteiger partial charge is 0.462 e. The maximum absolute atomic E-state index is 11.8. The molecule has 0 fully saturated rings. The van der Waals surface area contributed by atoms with Gasteiger partial charge in [-0.05, 0) is 18.6 Å². The summed E-state index contributed by atoms with van der Waals surface area (Å²) in [5.41, 5.74) is 0.137. The first-order chi connectivity index (χ1) is 10.1. The average molecular weight is 294 g/mol. The fraction of sp³-hybridized carbons (Fsp3) is 0.400. The zero-order chi connectivity index (χ0) is 15.7. The second kappa shape index (κ2) is 8.73. The number of hydrogen-bond donors (Lipinski definition) is 0. The van der Waals surface area contributed by atoms with Crippen molar-refractivity contribution < 1.29 is 28.6 Å². The second-order valence-corrected chi connectivity index (χ2v) is 4.32. The van der Waals surface area contributed by atoms with Crippen molar-refractivity contribution in [3.8, 4) is 5.75 Å². The summed E-state index contributed by atoms with van der Waals surface area (Å²) < 4.78 is 14.6. The minimum absolute atomic E-state index is 0.00832. The third kappa shape index (κ3) is 5.25. The van der Waals surface area contributed by atoms with Crippen LogP contribution in [0.5, 0.6) is 5.75 Å². The number of carbonyl (C=O) groups is 3. The fourth-order valence-electron chi connectivity index (χ4n) is 1.45. The molecule has 1 atom stereocenters. The molecule has 1 unspecified atom stereocenters. The summed E-state index contributed by atoms with van der Waals surface area (Å²) in [6.07, 6.45) is 0.690. The van der Waals surface area contributed by atoms with Gasteiger partial charge in [-0.3, -0.25) is 9.59 Å². The van der Waals surface area contributed by atoms with Gasteiger partial charge in [0.2, 0.25) is 0 Å². The summed E-state index contributed by atoms with van der Waals surface area (Å²) in [7, 11) is 0. The van der Waals surface area contributed by atoms with Crippen molar-refractivity contribution >= 4 is 18.4 Å². The summed E-state index contributed by atoms with van der Waals surface area (Å²) in [6, 6.07) is 6.21. The molecule has 0 spiro atoms. The van der Waals surface area contributed by atoms with Gasteiger partial charge in [0.15, 0.2) is 0 Å². The molecule has 0 amide bonds. The van der Waals surface area contributed by atoms with Gasteiger partial charge >= 0.3 is 11.9 Å². The van der Waals surface area contributed by atoms with Crippen LogP contribution in [0.15, 0.2) is 24.3 Å². The lowest BCUT2D eigenvalue weighted by atomic mass is 10.1. The molecule has 0 aliphatic carbocycles. The minimum Gasteiger partial charge on any atom is -0.462 e. The first kappa shape index (κ1) is 16.7. The molecule has 0 bridgehead atoms. The van der Waals surface area contributed by atoms with Crippen molar-refractivity contribution in [1.29, 1.82) is 0 Å². The number of carbonyl (C=O) groups excluding carboxylic acids is 3. The molecule has 21 heavy (non-hydrogen) atoms. The Morgan fingerprint density at radius 1 is 1.19 bits per heavy atom. The molecule has 0 heterocycles. The van der Waals surface area contributed by atoms with Crippen LogP contribution >= 0.6 is 0 Å². The van der Waals surface area contributed by atoms with Crippen molar-refractivity contribution in [2.24, 2.45) is 5.92 Å². The maximum atomic E-state index is 11.8. The minimum atomic E-state index is -0.646. The lowest BCUT2D eigenvalue weighted by molar-refractivity contribution is -0.149. The molecule has 1 aromatic rings. The van der Waals surface area contributed by atoms with Crippen molar-refractivity contribution in [3.63, 3.8) is 0 Å². The quantitative estimate of drug-likeness (QED) is 0.414. The van der Waals surface area contributed by atoms with Crippen LogP contribution in [0.2, 0.25) is 0 Å². The second-order valence-electron chi connectivity index (χ2n) is 4.32. The van der Waals surface area contributed by atoms with E-state index >= 15 is 0 Å². The molecule has 1 rings (SSSR count). The van der Waals surface area contributed by atoms with E-state index in [4.69, 9.17) is 9.47 Å². The normalized spacial score (nSPS) is 11.3. The number of ether oxygens (including phenoxy) is 3. The SMILES string of the molecule is CCC(C)C(=O)OCCOC(=O)c1ccccc1OC=O. The van der Waals surface area contributed by atoms with Gasteiger partial charge in [0, 0.05) is 0 Å². The zero-order valence-corrected chi connectivity index (χ0v) is 12.0. The molecule has 1 aromatic carbocycles. The molecule has 0 aliphatic rings. The van der Waals surface area contributed by atoms with Crippen LogP contribution < -0.4 is 4.74 Å². The van der Waals surface area contributed by atoms with E-state index in [0.29, 0.717) is 6.42 Å². The van der Waals surface area contributed by atoms with Crippen LogP contribution in [0.4, 0.5) is 0 Å². The molecule has 0 aromatic heterocycles. The van der Waals surface area contributed by atoms with Crippen molar-refractivity contribution in [1.82, 2.24) is 0 Å². The molecular weight excluding hydrogens is 276 g/mol. The summed E-state index contributed by atoms with van der Waals surface area (Å²) in [5.74, 6) is -1.03. The number of para-hydroxylation sites is 1. The molecule has 0 saturated heterocycles. The number of esters is 2. The zero-order valence-electron chi connectivity index (χ0n) is 12.0. The summed E-state index contributed by atoms with van der Waals surface area (Å²) >= 11 is 0. The third-order valence-electron chi connectivity index (χ3n) is 2.86. The Morgan fingerprint density at radius 3 is 2.52 bits per heavy atom. The van der Waals surface area contributed by atoms with Crippen molar-refractivity contribution in [2.75, 3.05) is 13.2 Å². The van der Waals surface area contributed by atoms with Crippen LogP contribution in [-0.4, -0.2) is 31.6 Å². The Labute approximate surface area is 123 Å². The highest BCUT2D eigenvalue weighted by molar-refractivity contribution is 5.92. The van der Waals surface area contributed by atoms with Gasteiger partial charge in [-0.25, -0.2) is 4.79 Å². The standard InChI is InChI=1S/C15H18O6/c1-3-11(2)14(17)19-8-9-20-15(18)12-6-4-5-7-13(12)21-10-16/h4-7,10-11H,3,8-9H2,1-2H3. The predicted octanol–water partition coefficient (Wildman–Crippen LogP) is 1.97. The van der Waals surface area contributed by atoms with Crippen LogP contribution in [0.1, 0.15) is 30.6 Å². The lowest BCUT2D eigenvalue weighted by Gasteiger charge is -2.10. The molecule has 6 heteroatoms. The van der Waals surface area contributed by atoms with Crippen LogP contribution in [0, 0.1) is 5.92 Å². The van der Waals surface area contributed by atoms with E-state index in [1.165, 1.54) is 12.1 Å². The highest BCUT2D eigenvalue weighted by Gasteiger charge is 2.15. The number of hydrogen-bond acceptors (Lipinski definition) is 6. The van der Waals surface area contributed by atoms with E-state index in [0.717, 1.165) is 0 Å². The highest BCUT2D eigenvalue weighted by Crippen LogP contribution is 2.18. The molecule has 6 nitrogen and oxygen atoms in total. The Bertz CT molecular complexity index is 497. The number of rotatable bonds is 8. The Kier molecular flexibility index (Phi) is 6.94. The van der Waals surface area contributed by atoms with E-state index in [9.17, 15) is 14.4 Å². The van der Waals surface area contributed by atoms with Crippen LogP contribution in [0.25, 0.3) is 0 Å². The van der Waals surface area contributed by atoms with Gasteiger partial charge in [0.05, 0.1) is 5.92 Å². The third-order valence-corrected chi connectivity index (χ3v) is 2.86. The molecular formula is C15H18O6. The van der Waals surface area contributed by atoms with Gasteiger partial charge in [0.25, 0.3) is 6.47 Å². The molecule has 0 N–H and O–H groups in total. The van der Waals surface area contributed by atoms with Crippen molar-refractivity contribution in [2.45, 2.75) is 20.3 Å². The maximum Gasteiger partial charge on any atom is 0.342 e. The van der Waals surface area contributed by atoms with Gasteiger partial charge in [-0.1, -0.05) is 26.0 Å². The molecule has 114 valence electrons. The van der Waals surface area contributed by atoms with Crippen LogP contribution in [-0.2, 0) is 19.1 Å². The monoisotopic (exact) mass is 294 g/mol. The number of benzene rings is 1. The van der Waals surface area contributed by atoms with Gasteiger partial charge in [-0.2, -0.15) is 0 Å². The van der Waals surface area contributed by atoms with E-state index in [1.807, 2.05) is 6.92 Å². The summed E-state index contributed by atoms with van der Waals surface area (Å²) in [5, 5.41) is 0. The Balaban J connectivity index is 2.44. The first-order valence-corrected chi connectivity index (χ1v) is 6.63. The van der Waals surface area contributed by atoms with Gasteiger partial charge < -0.3 is 14.2 Å². The van der Waals surface area contributed by atoms with Gasteiger partial charge in [0.1, 0.15) is 24.5 Å². The molecule has 0 radical (unpaired) electrons. The fourth-order valence-corrected chi connectivity index (χ4v) is 1.45. The summed E-state index contributed by atoms with van der Waals surface area (Å²) in [4.78, 5) is 33.6. The van der Waals surface area contributed by atoms with Crippen LogP contribution in [0.3, 0.4) is 0 Å². The van der Waals surface area contributed by atoms with E-state index in [1.54, 1.807) is 19.1 Å². The lowest BCUT2D eigenvalue weighted by Crippen LogP contribution is -2.18. The smallest absolute Gasteiger partial charge is 0.342 e. The van der Waals surface area contributed by atoms with E-state index in [-0.39, 0.29) is 42.9 Å². The van der Waals surface area contributed by atoms with Gasteiger partial charge in [-0.15, -0.1) is 0 Å². The van der Waals surface area contributed by atoms with Crippen molar-refractivity contribution in [3.05, 3.63) is 29.8 Å². The predicted molar refractivity (Wildman–Crippen MR) is 73.8 cm³/mol. The molecule has 0 saturated carbocycles. The Hall–Kier alpha value is -2.37. The molecule has 0 aliphatic heterocycles. The first-order valence-electron chi connectivity index (χ1n) is 6.63. The topological polar surface area (TPSA) is 78.9 Å². The summed E-state index contributed by atoms with van der Waals surface area (Å²) in [6.45, 7) is 3.82. The highest BCUT2D eigenvalue weighted by atomic mass is 16.6. The Morgan fingerprint density at radius 2 is 1.86 bits per heavy atom.